The van der Waals surface area contributed by atoms with Crippen LogP contribution in [0.1, 0.15) is 10.6 Å². The first-order valence-corrected chi connectivity index (χ1v) is 6.88. The van der Waals surface area contributed by atoms with Crippen LogP contribution in [-0.4, -0.2) is 15.5 Å². The fourth-order valence-corrected chi connectivity index (χ4v) is 2.75. The smallest absolute Gasteiger partial charge is 0.302 e. The lowest BCUT2D eigenvalue weighted by molar-refractivity contribution is 0.0926. The molecule has 0 aliphatic carbocycles. The van der Waals surface area contributed by atoms with Gasteiger partial charge in [0.15, 0.2) is 10.5 Å². The van der Waals surface area contributed by atoms with Crippen molar-refractivity contribution < 1.29 is 9.21 Å². The predicted molar refractivity (Wildman–Crippen MR) is 81.8 cm³/mol. The molecule has 0 bridgehead atoms. The van der Waals surface area contributed by atoms with Crippen LogP contribution in [0.2, 0.25) is 10.0 Å². The number of rotatable bonds is 1. The Morgan fingerprint density at radius 2 is 2.10 bits per heavy atom. The molecule has 5 nitrogen and oxygen atoms in total. The van der Waals surface area contributed by atoms with Gasteiger partial charge in [-0.1, -0.05) is 23.2 Å². The molecule has 106 valence electrons. The van der Waals surface area contributed by atoms with Gasteiger partial charge in [0.1, 0.15) is 0 Å². The number of furan rings is 1. The second kappa shape index (κ2) is 5.14. The van der Waals surface area contributed by atoms with Gasteiger partial charge in [-0.15, -0.1) is 0 Å². The topological polar surface area (TPSA) is 68.0 Å². The van der Waals surface area contributed by atoms with Crippen molar-refractivity contribution in [1.82, 2.24) is 9.55 Å². The molecule has 0 aliphatic rings. The summed E-state index contributed by atoms with van der Waals surface area (Å²) < 4.78 is 5.74. The summed E-state index contributed by atoms with van der Waals surface area (Å²) in [7, 11) is 0. The van der Waals surface area contributed by atoms with Crippen molar-refractivity contribution in [2.45, 2.75) is 0 Å². The van der Waals surface area contributed by atoms with E-state index < -0.39 is 11.5 Å². The van der Waals surface area contributed by atoms with E-state index in [9.17, 15) is 9.59 Å². The number of H-pyrrole nitrogens is 1. The first-order valence-electron chi connectivity index (χ1n) is 5.71. The Kier molecular flexibility index (Phi) is 3.44. The van der Waals surface area contributed by atoms with Crippen molar-refractivity contribution in [1.29, 1.82) is 0 Å². The summed E-state index contributed by atoms with van der Waals surface area (Å²) in [5, 5.41) is 0.700. The molecule has 1 N–H and O–H groups in total. The Bertz CT molecular complexity index is 973. The lowest BCUT2D eigenvalue weighted by atomic mass is 10.2. The number of halogens is 2. The Morgan fingerprint density at radius 1 is 1.33 bits per heavy atom. The molecular formula is C13H6Cl2N2O3S. The Morgan fingerprint density at radius 3 is 2.76 bits per heavy atom. The number of fused-ring (bicyclic) bond motifs is 1. The minimum atomic E-state index is -0.663. The van der Waals surface area contributed by atoms with Crippen molar-refractivity contribution in [3.63, 3.8) is 0 Å². The Labute approximate surface area is 132 Å². The zero-order valence-corrected chi connectivity index (χ0v) is 12.6. The summed E-state index contributed by atoms with van der Waals surface area (Å²) in [6.45, 7) is 0. The van der Waals surface area contributed by atoms with E-state index in [4.69, 9.17) is 39.8 Å². The molecule has 1 aromatic carbocycles. The molecule has 8 heteroatoms. The number of carbonyl (C=O) groups excluding carboxylic acids is 1. The van der Waals surface area contributed by atoms with Gasteiger partial charge in [-0.2, -0.15) is 0 Å². The highest BCUT2D eigenvalue weighted by Gasteiger charge is 2.18. The quantitative estimate of drug-likeness (QED) is 0.686. The average Bonchev–Trinajstić information content (AvgIpc) is 2.94. The Hall–Kier alpha value is -1.89. The number of hydrogen-bond donors (Lipinski definition) is 1. The molecule has 0 unspecified atom stereocenters. The second-order valence-electron chi connectivity index (χ2n) is 4.16. The van der Waals surface area contributed by atoms with Gasteiger partial charge in [-0.25, -0.2) is 4.57 Å². The molecule has 0 spiro atoms. The van der Waals surface area contributed by atoms with Gasteiger partial charge in [0.25, 0.3) is 5.56 Å². The van der Waals surface area contributed by atoms with Crippen molar-refractivity contribution >= 4 is 52.2 Å². The summed E-state index contributed by atoms with van der Waals surface area (Å²) in [5.41, 5.74) is -0.279. The maximum absolute atomic E-state index is 12.5. The highest BCUT2D eigenvalue weighted by molar-refractivity contribution is 7.71. The van der Waals surface area contributed by atoms with Gasteiger partial charge in [-0.05, 0) is 36.5 Å². The van der Waals surface area contributed by atoms with Crippen LogP contribution in [0.4, 0.5) is 0 Å². The largest absolute Gasteiger partial charge is 0.459 e. The van der Waals surface area contributed by atoms with E-state index >= 15 is 0 Å². The molecule has 0 radical (unpaired) electrons. The molecule has 2 heterocycles. The van der Waals surface area contributed by atoms with Crippen molar-refractivity contribution in [2.75, 3.05) is 0 Å². The second-order valence-corrected chi connectivity index (χ2v) is 5.39. The number of nitrogens with one attached hydrogen (secondary N) is 1. The molecule has 2 aromatic heterocycles. The molecular weight excluding hydrogens is 335 g/mol. The molecule has 0 fully saturated rings. The third-order valence-corrected chi connectivity index (χ3v) is 3.66. The van der Waals surface area contributed by atoms with Crippen molar-refractivity contribution in [3.8, 4) is 0 Å². The van der Waals surface area contributed by atoms with E-state index in [0.717, 1.165) is 4.57 Å². The van der Waals surface area contributed by atoms with Crippen molar-refractivity contribution in [3.05, 3.63) is 61.5 Å². The lowest BCUT2D eigenvalue weighted by Gasteiger charge is -2.07. The third-order valence-electron chi connectivity index (χ3n) is 2.86. The highest BCUT2D eigenvalue weighted by Crippen LogP contribution is 2.24. The summed E-state index contributed by atoms with van der Waals surface area (Å²) in [6.07, 6.45) is 1.33. The third kappa shape index (κ3) is 2.31. The van der Waals surface area contributed by atoms with E-state index in [1.165, 1.54) is 24.5 Å². The number of carbonyl (C=O) groups is 1. The molecule has 0 saturated carbocycles. The summed E-state index contributed by atoms with van der Waals surface area (Å²) in [6, 6.07) is 5.88. The van der Waals surface area contributed by atoms with E-state index in [0.29, 0.717) is 5.52 Å². The van der Waals surface area contributed by atoms with E-state index in [2.05, 4.69) is 4.98 Å². The summed E-state index contributed by atoms with van der Waals surface area (Å²) >= 11 is 17.0. The number of aromatic nitrogens is 2. The summed E-state index contributed by atoms with van der Waals surface area (Å²) in [5.74, 6) is -0.659. The average molecular weight is 341 g/mol. The monoisotopic (exact) mass is 340 g/mol. The maximum Gasteiger partial charge on any atom is 0.302 e. The van der Waals surface area contributed by atoms with Crippen LogP contribution in [0.3, 0.4) is 0 Å². The van der Waals surface area contributed by atoms with Gasteiger partial charge >= 0.3 is 5.91 Å². The van der Waals surface area contributed by atoms with Gasteiger partial charge in [0.2, 0.25) is 0 Å². The molecule has 0 amide bonds. The summed E-state index contributed by atoms with van der Waals surface area (Å²) in [4.78, 5) is 27.5. The first-order chi connectivity index (χ1) is 9.99. The highest BCUT2D eigenvalue weighted by atomic mass is 35.5. The maximum atomic E-state index is 12.5. The molecule has 3 aromatic rings. The van der Waals surface area contributed by atoms with Crippen LogP contribution in [0, 0.1) is 4.77 Å². The molecule has 0 aliphatic heterocycles. The predicted octanol–water partition coefficient (Wildman–Crippen LogP) is 3.65. The first kappa shape index (κ1) is 14.1. The minimum absolute atomic E-state index is 0.00377. The molecule has 0 atom stereocenters. The fraction of sp³-hybridized carbons (Fsp3) is 0. The van der Waals surface area contributed by atoms with Gasteiger partial charge < -0.3 is 9.40 Å². The number of aromatic amines is 1. The number of hydrogen-bond acceptors (Lipinski definition) is 4. The van der Waals surface area contributed by atoms with Gasteiger partial charge in [0, 0.05) is 5.02 Å². The van der Waals surface area contributed by atoms with Crippen LogP contribution >= 0.6 is 35.4 Å². The molecule has 3 rings (SSSR count). The lowest BCUT2D eigenvalue weighted by Crippen LogP contribution is -2.28. The Balaban J connectivity index is 2.38. The van der Waals surface area contributed by atoms with Crippen LogP contribution in [0.25, 0.3) is 10.9 Å². The normalized spacial score (nSPS) is 11.0. The van der Waals surface area contributed by atoms with Crippen LogP contribution < -0.4 is 5.56 Å². The van der Waals surface area contributed by atoms with Crippen LogP contribution in [0.5, 0.6) is 0 Å². The van der Waals surface area contributed by atoms with Gasteiger partial charge in [-0.3, -0.25) is 9.59 Å². The van der Waals surface area contributed by atoms with Gasteiger partial charge in [0.05, 0.1) is 22.2 Å². The SMILES string of the molecule is O=C(c1ccco1)n1c(=S)[nH]c2c(Cl)cc(Cl)cc2c1=O. The van der Waals surface area contributed by atoms with E-state index in [1.807, 2.05) is 0 Å². The number of nitrogens with zero attached hydrogens (tertiary/aromatic N) is 1. The zero-order chi connectivity index (χ0) is 15.1. The molecule has 21 heavy (non-hydrogen) atoms. The minimum Gasteiger partial charge on any atom is -0.459 e. The van der Waals surface area contributed by atoms with Crippen molar-refractivity contribution in [2.24, 2.45) is 0 Å². The van der Waals surface area contributed by atoms with E-state index in [1.54, 1.807) is 6.07 Å². The van der Waals surface area contributed by atoms with Crippen LogP contribution in [-0.2, 0) is 0 Å². The van der Waals surface area contributed by atoms with Crippen LogP contribution in [0.15, 0.2) is 39.7 Å². The standard InChI is InChI=1S/C13H6Cl2N2O3S/c14-6-4-7-10(8(15)5-6)16-13(21)17(11(7)18)12(19)9-2-1-3-20-9/h1-5H,(H,16,21). The fourth-order valence-electron chi connectivity index (χ4n) is 1.94. The molecule has 0 saturated heterocycles. The zero-order valence-electron chi connectivity index (χ0n) is 10.2. The number of benzene rings is 1. The van der Waals surface area contributed by atoms with E-state index in [-0.39, 0.29) is 26.0 Å².